The average molecular weight is 551 g/mol. The first-order valence-electron chi connectivity index (χ1n) is 11.6. The smallest absolute Gasteiger partial charge is 0.289 e. The summed E-state index contributed by atoms with van der Waals surface area (Å²) in [7, 11) is 6.03. The molecule has 0 spiro atoms. The van der Waals surface area contributed by atoms with E-state index in [1.807, 2.05) is 25.1 Å². The molecule has 2 aromatic heterocycles. The van der Waals surface area contributed by atoms with Gasteiger partial charge in [-0.3, -0.25) is 14.3 Å². The number of aromatic nitrogens is 4. The normalized spacial score (nSPS) is 14.9. The van der Waals surface area contributed by atoms with Gasteiger partial charge in [-0.1, -0.05) is 29.8 Å². The molecule has 0 fully saturated rings. The van der Waals surface area contributed by atoms with Crippen LogP contribution in [0.2, 0.25) is 5.02 Å². The van der Waals surface area contributed by atoms with Crippen molar-refractivity contribution in [2.45, 2.75) is 13.0 Å². The van der Waals surface area contributed by atoms with Gasteiger partial charge in [0.1, 0.15) is 24.1 Å². The molecule has 38 heavy (non-hydrogen) atoms. The molecule has 194 valence electrons. The minimum Gasteiger partial charge on any atom is -0.489 e. The Bertz CT molecular complexity index is 1560. The molecule has 10 nitrogen and oxygen atoms in total. The van der Waals surface area contributed by atoms with Gasteiger partial charge in [0.25, 0.3) is 11.8 Å². The molecule has 12 heteroatoms. The summed E-state index contributed by atoms with van der Waals surface area (Å²) >= 11 is 6.36. The monoisotopic (exact) mass is 550 g/mol. The summed E-state index contributed by atoms with van der Waals surface area (Å²) in [5, 5.41) is 8.23. The molecule has 3 heterocycles. The van der Waals surface area contributed by atoms with Gasteiger partial charge >= 0.3 is 0 Å². The van der Waals surface area contributed by atoms with Gasteiger partial charge in [0.15, 0.2) is 0 Å². The molecule has 1 N–H and O–H groups in total. The van der Waals surface area contributed by atoms with Crippen molar-refractivity contribution in [3.05, 3.63) is 71.3 Å². The molecule has 4 aromatic rings. The van der Waals surface area contributed by atoms with E-state index in [2.05, 4.69) is 29.6 Å². The van der Waals surface area contributed by atoms with E-state index in [4.69, 9.17) is 21.1 Å². The summed E-state index contributed by atoms with van der Waals surface area (Å²) in [6.07, 6.45) is 3.14. The number of ether oxygens (including phenoxy) is 2. The Hall–Kier alpha value is -4.01. The molecular weight excluding hydrogens is 527 g/mol. The number of nitrogens with one attached hydrogen (secondary N) is 1. The lowest BCUT2D eigenvalue weighted by atomic mass is 10.1. The minimum atomic E-state index is -0.971. The fraction of sp³-hybridized carbons (Fsp3) is 0.192. The van der Waals surface area contributed by atoms with E-state index < -0.39 is 11.9 Å². The zero-order valence-corrected chi connectivity index (χ0v) is 22.7. The van der Waals surface area contributed by atoms with E-state index in [-0.39, 0.29) is 18.3 Å². The van der Waals surface area contributed by atoms with E-state index in [0.717, 1.165) is 16.4 Å². The van der Waals surface area contributed by atoms with Gasteiger partial charge in [-0.2, -0.15) is 0 Å². The minimum absolute atomic E-state index is 0.0719. The van der Waals surface area contributed by atoms with Crippen LogP contribution in [0, 0.1) is 6.92 Å². The van der Waals surface area contributed by atoms with Crippen LogP contribution in [0.5, 0.6) is 17.4 Å². The van der Waals surface area contributed by atoms with Gasteiger partial charge in [-0.05, 0) is 29.9 Å². The highest BCUT2D eigenvalue weighted by atomic mass is 35.5. The zero-order valence-electron chi connectivity index (χ0n) is 20.8. The molecule has 1 unspecified atom stereocenters. The fourth-order valence-corrected chi connectivity index (χ4v) is 4.59. The molecule has 5 rings (SSSR count). The van der Waals surface area contributed by atoms with Crippen LogP contribution in [0.4, 0.5) is 5.69 Å². The Morgan fingerprint density at radius 1 is 1.21 bits per heavy atom. The lowest BCUT2D eigenvalue weighted by Crippen LogP contribution is -2.49. The van der Waals surface area contributed by atoms with Crippen molar-refractivity contribution in [3.8, 4) is 28.6 Å². The highest BCUT2D eigenvalue weighted by Crippen LogP contribution is 2.35. The molecule has 0 aliphatic carbocycles. The highest BCUT2D eigenvalue weighted by Gasteiger charge is 2.32. The molecule has 0 saturated carbocycles. The Morgan fingerprint density at radius 2 is 2.03 bits per heavy atom. The molecule has 0 radical (unpaired) electrons. The molecule has 0 bridgehead atoms. The number of rotatable bonds is 5. The summed E-state index contributed by atoms with van der Waals surface area (Å²) < 4.78 is 13.3. The molecule has 1 aliphatic heterocycles. The second-order valence-electron chi connectivity index (χ2n) is 8.76. The van der Waals surface area contributed by atoms with Crippen molar-refractivity contribution in [1.29, 1.82) is 0 Å². The predicted octanol–water partition coefficient (Wildman–Crippen LogP) is 3.29. The third kappa shape index (κ3) is 5.18. The van der Waals surface area contributed by atoms with E-state index in [0.29, 0.717) is 33.8 Å². The van der Waals surface area contributed by atoms with Crippen molar-refractivity contribution in [2.75, 3.05) is 18.6 Å². The molecule has 2 aromatic carbocycles. The van der Waals surface area contributed by atoms with E-state index in [1.54, 1.807) is 49.2 Å². The lowest BCUT2D eigenvalue weighted by molar-refractivity contribution is -0.120. The van der Waals surface area contributed by atoms with Crippen molar-refractivity contribution in [1.82, 2.24) is 25.1 Å². The lowest BCUT2D eigenvalue weighted by Gasteiger charge is -2.20. The fourth-order valence-electron chi connectivity index (χ4n) is 4.05. The number of carbonyl (C=O) groups is 2. The van der Waals surface area contributed by atoms with Gasteiger partial charge < -0.3 is 19.7 Å². The molecule has 2 atom stereocenters. The third-order valence-corrected chi connectivity index (χ3v) is 6.63. The number of aryl methyl sites for hydroxylation is 2. The van der Waals surface area contributed by atoms with Crippen LogP contribution in [-0.4, -0.2) is 51.3 Å². The third-order valence-electron chi connectivity index (χ3n) is 6.00. The van der Waals surface area contributed by atoms with Crippen LogP contribution in [0.25, 0.3) is 11.3 Å². The maximum Gasteiger partial charge on any atom is 0.289 e. The van der Waals surface area contributed by atoms with E-state index in [1.165, 1.54) is 11.1 Å². The SMILES string of the molecule is Cc1cc(P)ccc1-c1nc(C(=O)N[C@H]2COc3ccc(Oc4ccn(C)n4)cc3N(C)C2=O)ncc1Cl. The summed E-state index contributed by atoms with van der Waals surface area (Å²) in [6, 6.07) is 11.6. The Kier molecular flexibility index (Phi) is 7.01. The molecule has 1 aliphatic rings. The number of hydrogen-bond acceptors (Lipinski definition) is 7. The first-order valence-corrected chi connectivity index (χ1v) is 12.6. The van der Waals surface area contributed by atoms with Gasteiger partial charge in [0, 0.05) is 38.0 Å². The second-order valence-corrected chi connectivity index (χ2v) is 9.83. The van der Waals surface area contributed by atoms with Crippen LogP contribution in [0.15, 0.2) is 54.9 Å². The number of anilines is 1. The summed E-state index contributed by atoms with van der Waals surface area (Å²) in [5.74, 6) is 0.284. The molecule has 2 amide bonds. The maximum absolute atomic E-state index is 13.3. The zero-order chi connectivity index (χ0) is 27.0. The first-order chi connectivity index (χ1) is 18.2. The van der Waals surface area contributed by atoms with Gasteiger partial charge in [-0.15, -0.1) is 14.3 Å². The summed E-state index contributed by atoms with van der Waals surface area (Å²) in [6.45, 7) is 1.86. The summed E-state index contributed by atoms with van der Waals surface area (Å²) in [4.78, 5) is 36.3. The van der Waals surface area contributed by atoms with E-state index in [9.17, 15) is 9.59 Å². The highest BCUT2D eigenvalue weighted by molar-refractivity contribution is 7.27. The van der Waals surface area contributed by atoms with Gasteiger partial charge in [0.05, 0.1) is 22.6 Å². The number of fused-ring (bicyclic) bond motifs is 1. The van der Waals surface area contributed by atoms with Crippen LogP contribution < -0.4 is 25.0 Å². The summed E-state index contributed by atoms with van der Waals surface area (Å²) in [5.41, 5.74) is 2.66. The Labute approximate surface area is 226 Å². The molecular formula is C26H24ClN6O4P. The number of carbonyl (C=O) groups excluding carboxylic acids is 2. The average Bonchev–Trinajstić information content (AvgIpc) is 3.26. The maximum atomic E-state index is 13.3. The first kappa shape index (κ1) is 25.6. The number of amides is 2. The number of halogens is 1. The van der Waals surface area contributed by atoms with Crippen molar-refractivity contribution >= 4 is 43.6 Å². The Balaban J connectivity index is 1.34. The largest absolute Gasteiger partial charge is 0.489 e. The quantitative estimate of drug-likeness (QED) is 0.380. The molecule has 0 saturated heterocycles. The van der Waals surface area contributed by atoms with Crippen LogP contribution in [0.3, 0.4) is 0 Å². The number of hydrogen-bond donors (Lipinski definition) is 1. The van der Waals surface area contributed by atoms with E-state index >= 15 is 0 Å². The number of likely N-dealkylation sites (N-methyl/N-ethyl adjacent to an activating group) is 1. The van der Waals surface area contributed by atoms with Crippen LogP contribution in [0.1, 0.15) is 16.2 Å². The van der Waals surface area contributed by atoms with Crippen LogP contribution >= 0.6 is 20.8 Å². The van der Waals surface area contributed by atoms with Gasteiger partial charge in [-0.25, -0.2) is 9.97 Å². The van der Waals surface area contributed by atoms with Crippen molar-refractivity contribution < 1.29 is 19.1 Å². The Morgan fingerprint density at radius 3 is 2.76 bits per heavy atom. The van der Waals surface area contributed by atoms with Crippen molar-refractivity contribution in [3.63, 3.8) is 0 Å². The number of benzene rings is 2. The van der Waals surface area contributed by atoms with Gasteiger partial charge in [0.2, 0.25) is 11.7 Å². The van der Waals surface area contributed by atoms with Crippen LogP contribution in [-0.2, 0) is 11.8 Å². The topological polar surface area (TPSA) is 111 Å². The van der Waals surface area contributed by atoms with Crippen molar-refractivity contribution in [2.24, 2.45) is 7.05 Å². The number of nitrogens with zero attached hydrogens (tertiary/aromatic N) is 5. The standard InChI is InChI=1S/C26H24ClN6O4P/c1-14-10-16(38)5-6-17(14)23-18(27)12-28-24(30-23)25(34)29-19-13-36-21-7-4-15(11-20(21)33(3)26(19)35)37-22-8-9-32(2)31-22/h4-12,19H,13,38H2,1-3H3,(H,29,34)/t19-/m0/s1. The predicted molar refractivity (Wildman–Crippen MR) is 146 cm³/mol. The second kappa shape index (κ2) is 10.4.